The molecule has 0 bridgehead atoms. The van der Waals surface area contributed by atoms with Gasteiger partial charge in [0.25, 0.3) is 0 Å². The van der Waals surface area contributed by atoms with Gasteiger partial charge in [-0.05, 0) is 18.1 Å². The van der Waals surface area contributed by atoms with E-state index in [0.717, 1.165) is 37.3 Å². The van der Waals surface area contributed by atoms with Gasteiger partial charge in [0.1, 0.15) is 0 Å². The maximum Gasteiger partial charge on any atom is 0.222 e. The van der Waals surface area contributed by atoms with Crippen molar-refractivity contribution in [2.45, 2.75) is 13.0 Å². The van der Waals surface area contributed by atoms with Crippen molar-refractivity contribution in [3.63, 3.8) is 0 Å². The number of nitrogens with zero attached hydrogens (tertiary/aromatic N) is 1. The molecule has 1 aliphatic rings. The minimum Gasteiger partial charge on any atom is -0.383 e. The minimum absolute atomic E-state index is 0.0874. The van der Waals surface area contributed by atoms with Crippen LogP contribution in [-0.2, 0) is 16.1 Å². The van der Waals surface area contributed by atoms with E-state index in [9.17, 15) is 4.79 Å². The zero-order valence-corrected chi connectivity index (χ0v) is 13.0. The van der Waals surface area contributed by atoms with Crippen molar-refractivity contribution in [1.82, 2.24) is 5.32 Å². The first-order valence-electron chi connectivity index (χ1n) is 7.14. The lowest BCUT2D eigenvalue weighted by molar-refractivity contribution is -0.121. The van der Waals surface area contributed by atoms with Gasteiger partial charge in [-0.2, -0.15) is 0 Å². The number of anilines is 1. The van der Waals surface area contributed by atoms with E-state index in [0.29, 0.717) is 18.2 Å². The monoisotopic (exact) mass is 311 g/mol. The third-order valence-corrected chi connectivity index (χ3v) is 4.08. The summed E-state index contributed by atoms with van der Waals surface area (Å²) in [5.41, 5.74) is 7.54. The van der Waals surface area contributed by atoms with E-state index in [4.69, 9.17) is 22.1 Å². The first-order valence-corrected chi connectivity index (χ1v) is 7.52. The molecular weight excluding hydrogens is 290 g/mol. The number of primary amides is 1. The highest BCUT2D eigenvalue weighted by Crippen LogP contribution is 2.33. The molecule has 1 aromatic carbocycles. The second-order valence-corrected chi connectivity index (χ2v) is 5.66. The largest absolute Gasteiger partial charge is 0.383 e. The molecule has 116 valence electrons. The molecule has 1 aliphatic heterocycles. The van der Waals surface area contributed by atoms with Crippen LogP contribution >= 0.6 is 11.6 Å². The molecule has 1 unspecified atom stereocenters. The van der Waals surface area contributed by atoms with Gasteiger partial charge in [-0.1, -0.05) is 23.7 Å². The van der Waals surface area contributed by atoms with Crippen molar-refractivity contribution in [2.24, 2.45) is 11.7 Å². The Labute approximate surface area is 130 Å². The number of methoxy groups -OCH3 is 1. The molecule has 0 aromatic heterocycles. The van der Waals surface area contributed by atoms with Crippen molar-refractivity contribution in [3.8, 4) is 0 Å². The summed E-state index contributed by atoms with van der Waals surface area (Å²) in [5, 5.41) is 4.04. The molecule has 1 fully saturated rings. The lowest BCUT2D eigenvalue weighted by Gasteiger charge is -2.23. The molecule has 0 radical (unpaired) electrons. The Morgan fingerprint density at radius 2 is 2.38 bits per heavy atom. The molecule has 0 aliphatic carbocycles. The number of hydrogen-bond donors (Lipinski definition) is 2. The van der Waals surface area contributed by atoms with Gasteiger partial charge in [-0.25, -0.2) is 0 Å². The van der Waals surface area contributed by atoms with Gasteiger partial charge in [0.05, 0.1) is 23.2 Å². The van der Waals surface area contributed by atoms with Crippen LogP contribution in [0.5, 0.6) is 0 Å². The fourth-order valence-electron chi connectivity index (χ4n) is 2.65. The Bertz CT molecular complexity index is 496. The number of carbonyl (C=O) groups excluding carboxylic acids is 1. The zero-order chi connectivity index (χ0) is 15.2. The van der Waals surface area contributed by atoms with E-state index in [2.05, 4.69) is 16.3 Å². The Hall–Kier alpha value is -1.30. The van der Waals surface area contributed by atoms with E-state index in [1.807, 2.05) is 12.1 Å². The van der Waals surface area contributed by atoms with Crippen molar-refractivity contribution in [2.75, 3.05) is 38.3 Å². The maximum absolute atomic E-state index is 11.3. The number of para-hydroxylation sites is 1. The molecule has 3 N–H and O–H groups in total. The van der Waals surface area contributed by atoms with Crippen LogP contribution in [0.15, 0.2) is 18.2 Å². The first kappa shape index (κ1) is 16.1. The molecule has 0 saturated carbocycles. The number of rotatable bonds is 7. The fraction of sp³-hybridized carbons (Fsp3) is 0.533. The van der Waals surface area contributed by atoms with Crippen LogP contribution in [0, 0.1) is 5.92 Å². The average molecular weight is 312 g/mol. The molecule has 1 aromatic rings. The topological polar surface area (TPSA) is 67.6 Å². The van der Waals surface area contributed by atoms with E-state index >= 15 is 0 Å². The number of carbonyl (C=O) groups is 1. The molecule has 1 amide bonds. The van der Waals surface area contributed by atoms with Crippen molar-refractivity contribution >= 4 is 23.2 Å². The third-order valence-electron chi connectivity index (χ3n) is 3.78. The van der Waals surface area contributed by atoms with Crippen LogP contribution in [0.3, 0.4) is 0 Å². The maximum atomic E-state index is 11.3. The second kappa shape index (κ2) is 7.64. The molecule has 5 nitrogen and oxygen atoms in total. The standard InChI is InChI=1S/C15H22ClN3O2/c1-21-8-6-18-9-11-3-2-4-13(16)14(11)19-7-5-12(10-19)15(17)20/h2-4,12,18H,5-10H2,1H3,(H2,17,20). The highest BCUT2D eigenvalue weighted by atomic mass is 35.5. The van der Waals surface area contributed by atoms with Gasteiger partial charge in [-0.3, -0.25) is 4.79 Å². The Morgan fingerprint density at radius 3 is 3.05 bits per heavy atom. The summed E-state index contributed by atoms with van der Waals surface area (Å²) >= 11 is 6.37. The lowest BCUT2D eigenvalue weighted by Crippen LogP contribution is -2.28. The number of hydrogen-bond acceptors (Lipinski definition) is 4. The Balaban J connectivity index is 2.09. The van der Waals surface area contributed by atoms with E-state index in [-0.39, 0.29) is 11.8 Å². The van der Waals surface area contributed by atoms with Crippen molar-refractivity contribution in [3.05, 3.63) is 28.8 Å². The Kier molecular flexibility index (Phi) is 5.85. The van der Waals surface area contributed by atoms with Crippen LogP contribution < -0.4 is 16.0 Å². The Morgan fingerprint density at radius 1 is 1.57 bits per heavy atom. The number of ether oxygens (including phenoxy) is 1. The van der Waals surface area contributed by atoms with Gasteiger partial charge >= 0.3 is 0 Å². The van der Waals surface area contributed by atoms with Crippen LogP contribution in [-0.4, -0.2) is 39.3 Å². The normalized spacial score (nSPS) is 18.2. The molecular formula is C15H22ClN3O2. The van der Waals surface area contributed by atoms with Crippen LogP contribution in [0.25, 0.3) is 0 Å². The van der Waals surface area contributed by atoms with Gasteiger partial charge in [0.2, 0.25) is 5.91 Å². The number of nitrogens with one attached hydrogen (secondary N) is 1. The summed E-state index contributed by atoms with van der Waals surface area (Å²) in [5.74, 6) is -0.320. The van der Waals surface area contributed by atoms with E-state index in [1.165, 1.54) is 0 Å². The van der Waals surface area contributed by atoms with Crippen LogP contribution in [0.4, 0.5) is 5.69 Å². The smallest absolute Gasteiger partial charge is 0.222 e. The van der Waals surface area contributed by atoms with Gasteiger partial charge in [0, 0.05) is 33.3 Å². The van der Waals surface area contributed by atoms with Crippen LogP contribution in [0.1, 0.15) is 12.0 Å². The number of benzene rings is 1. The molecule has 1 atom stereocenters. The first-order chi connectivity index (χ1) is 10.1. The lowest BCUT2D eigenvalue weighted by atomic mass is 10.1. The predicted molar refractivity (Wildman–Crippen MR) is 84.5 cm³/mol. The van der Waals surface area contributed by atoms with Gasteiger partial charge in [0.15, 0.2) is 0 Å². The summed E-state index contributed by atoms with van der Waals surface area (Å²) in [6.45, 7) is 3.62. The zero-order valence-electron chi connectivity index (χ0n) is 12.3. The predicted octanol–water partition coefficient (Wildman–Crippen LogP) is 1.39. The molecule has 0 spiro atoms. The summed E-state index contributed by atoms with van der Waals surface area (Å²) in [6, 6.07) is 5.88. The summed E-state index contributed by atoms with van der Waals surface area (Å²) in [7, 11) is 1.68. The second-order valence-electron chi connectivity index (χ2n) is 5.25. The highest BCUT2D eigenvalue weighted by Gasteiger charge is 2.28. The van der Waals surface area contributed by atoms with Crippen molar-refractivity contribution < 1.29 is 9.53 Å². The number of nitrogens with two attached hydrogens (primary N) is 1. The van der Waals surface area contributed by atoms with E-state index < -0.39 is 0 Å². The van der Waals surface area contributed by atoms with Crippen LogP contribution in [0.2, 0.25) is 5.02 Å². The minimum atomic E-state index is -0.232. The van der Waals surface area contributed by atoms with Crippen molar-refractivity contribution in [1.29, 1.82) is 0 Å². The third kappa shape index (κ3) is 4.09. The molecule has 21 heavy (non-hydrogen) atoms. The van der Waals surface area contributed by atoms with Gasteiger partial charge < -0.3 is 20.7 Å². The molecule has 2 rings (SSSR count). The molecule has 1 heterocycles. The fourth-order valence-corrected chi connectivity index (χ4v) is 2.96. The number of halogens is 1. The quantitative estimate of drug-likeness (QED) is 0.747. The average Bonchev–Trinajstić information content (AvgIpc) is 2.93. The summed E-state index contributed by atoms with van der Waals surface area (Å²) < 4.78 is 5.02. The molecule has 6 heteroatoms. The van der Waals surface area contributed by atoms with Gasteiger partial charge in [-0.15, -0.1) is 0 Å². The molecule has 1 saturated heterocycles. The van der Waals surface area contributed by atoms with E-state index in [1.54, 1.807) is 7.11 Å². The summed E-state index contributed by atoms with van der Waals surface area (Å²) in [6.07, 6.45) is 0.789. The SMILES string of the molecule is COCCNCc1cccc(Cl)c1N1CCC(C(N)=O)C1. The highest BCUT2D eigenvalue weighted by molar-refractivity contribution is 6.33. The number of amides is 1. The summed E-state index contributed by atoms with van der Waals surface area (Å²) in [4.78, 5) is 13.5.